The molecule has 0 saturated carbocycles. The molecule has 0 aromatic heterocycles. The summed E-state index contributed by atoms with van der Waals surface area (Å²) in [7, 11) is -1.58. The minimum absolute atomic E-state index is 0.209. The normalized spacial score (nSPS) is 13.9. The van der Waals surface area contributed by atoms with E-state index in [-0.39, 0.29) is 17.8 Å². The van der Waals surface area contributed by atoms with Crippen LogP contribution in [-0.2, 0) is 21.2 Å². The summed E-state index contributed by atoms with van der Waals surface area (Å²) >= 11 is 0. The van der Waals surface area contributed by atoms with E-state index in [0.29, 0.717) is 19.0 Å². The highest BCUT2D eigenvalue weighted by Gasteiger charge is 2.13. The highest BCUT2D eigenvalue weighted by molar-refractivity contribution is 7.88. The maximum absolute atomic E-state index is 13.0. The number of halogens is 1. The molecular weight excluding hydrogens is 381 g/mol. The highest BCUT2D eigenvalue weighted by atomic mass is 32.2. The Hall–Kier alpha value is -1.96. The Bertz CT molecular complexity index is 822. The summed E-state index contributed by atoms with van der Waals surface area (Å²) < 4.78 is 49.3. The molecule has 0 aliphatic carbocycles. The van der Waals surface area contributed by atoms with Gasteiger partial charge in [0.1, 0.15) is 11.6 Å². The fraction of sp³-hybridized carbons (Fsp3) is 0.429. The first-order chi connectivity index (χ1) is 13.3. The molecule has 1 N–H and O–H groups in total. The lowest BCUT2D eigenvalue weighted by Gasteiger charge is -2.17. The maximum Gasteiger partial charge on any atom is 0.209 e. The molecule has 5 nitrogen and oxygen atoms in total. The summed E-state index contributed by atoms with van der Waals surface area (Å²) in [6.07, 6.45) is 2.89. The van der Waals surface area contributed by atoms with Gasteiger partial charge in [-0.1, -0.05) is 24.3 Å². The van der Waals surface area contributed by atoms with Crippen LogP contribution in [0.3, 0.4) is 0 Å². The number of hydrogen-bond acceptors (Lipinski definition) is 4. The molecule has 0 radical (unpaired) electrons. The van der Waals surface area contributed by atoms with Gasteiger partial charge >= 0.3 is 0 Å². The summed E-state index contributed by atoms with van der Waals surface area (Å²) in [6, 6.07) is 13.6. The molecule has 0 aliphatic rings. The Morgan fingerprint density at radius 2 is 1.68 bits per heavy atom. The number of nitrogens with one attached hydrogen (secondary N) is 1. The third-order valence-electron chi connectivity index (χ3n) is 4.41. The van der Waals surface area contributed by atoms with Crippen LogP contribution in [0.25, 0.3) is 0 Å². The molecule has 2 atom stereocenters. The van der Waals surface area contributed by atoms with Crippen LogP contribution < -0.4 is 9.46 Å². The van der Waals surface area contributed by atoms with Crippen LogP contribution in [0.5, 0.6) is 5.75 Å². The van der Waals surface area contributed by atoms with E-state index in [1.807, 2.05) is 31.2 Å². The van der Waals surface area contributed by atoms with Crippen molar-refractivity contribution in [2.24, 2.45) is 5.92 Å². The quantitative estimate of drug-likeness (QED) is 0.615. The van der Waals surface area contributed by atoms with Crippen LogP contribution in [-0.4, -0.2) is 35.0 Å². The van der Waals surface area contributed by atoms with Crippen LogP contribution in [0.15, 0.2) is 48.5 Å². The van der Waals surface area contributed by atoms with Crippen molar-refractivity contribution >= 4 is 10.0 Å². The van der Waals surface area contributed by atoms with E-state index >= 15 is 0 Å². The van der Waals surface area contributed by atoms with E-state index in [0.717, 1.165) is 30.2 Å². The third-order valence-corrected chi connectivity index (χ3v) is 5.20. The Balaban J connectivity index is 1.87. The Kier molecular flexibility index (Phi) is 8.41. The predicted molar refractivity (Wildman–Crippen MR) is 108 cm³/mol. The summed E-state index contributed by atoms with van der Waals surface area (Å²) in [5, 5.41) is 0. The summed E-state index contributed by atoms with van der Waals surface area (Å²) in [5.74, 6) is 0.560. The zero-order valence-corrected chi connectivity index (χ0v) is 17.3. The van der Waals surface area contributed by atoms with Crippen molar-refractivity contribution in [3.8, 4) is 5.75 Å². The van der Waals surface area contributed by atoms with Crippen LogP contribution in [0, 0.1) is 11.7 Å². The minimum Gasteiger partial charge on any atom is -0.493 e. The van der Waals surface area contributed by atoms with Crippen LogP contribution in [0.1, 0.15) is 30.5 Å². The Morgan fingerprint density at radius 3 is 2.25 bits per heavy atom. The zero-order chi connectivity index (χ0) is 20.6. The van der Waals surface area contributed by atoms with Gasteiger partial charge in [-0.25, -0.2) is 17.5 Å². The Labute approximate surface area is 166 Å². The van der Waals surface area contributed by atoms with E-state index in [1.54, 1.807) is 19.2 Å². The van der Waals surface area contributed by atoms with Crippen LogP contribution in [0.4, 0.5) is 4.39 Å². The molecule has 0 heterocycles. The number of methoxy groups -OCH3 is 1. The standard InChI is InChI=1S/C21H28FNO4S/c1-16(23-28(3,24)25)19-8-6-17(7-9-19)4-5-18(14-26-2)15-27-21-12-10-20(22)11-13-21/h6-13,16,18,23H,4-5,14-15H2,1-3H3/t16-,18?/m1/s1. The average Bonchev–Trinajstić information content (AvgIpc) is 2.64. The predicted octanol–water partition coefficient (Wildman–Crippen LogP) is 3.71. The fourth-order valence-corrected chi connectivity index (χ4v) is 3.71. The minimum atomic E-state index is -3.24. The van der Waals surface area contributed by atoms with Crippen LogP contribution >= 0.6 is 0 Å². The molecule has 1 unspecified atom stereocenters. The van der Waals surface area contributed by atoms with Crippen LogP contribution in [0.2, 0.25) is 0 Å². The van der Waals surface area contributed by atoms with E-state index < -0.39 is 10.0 Å². The molecule has 2 aromatic rings. The molecule has 0 bridgehead atoms. The summed E-state index contributed by atoms with van der Waals surface area (Å²) in [5.41, 5.74) is 2.08. The van der Waals surface area contributed by atoms with Gasteiger partial charge < -0.3 is 9.47 Å². The number of aryl methyl sites for hydroxylation is 1. The maximum atomic E-state index is 13.0. The summed E-state index contributed by atoms with van der Waals surface area (Å²) in [4.78, 5) is 0. The van der Waals surface area contributed by atoms with E-state index in [4.69, 9.17) is 9.47 Å². The van der Waals surface area contributed by atoms with Crippen molar-refractivity contribution in [3.63, 3.8) is 0 Å². The van der Waals surface area contributed by atoms with E-state index in [9.17, 15) is 12.8 Å². The van der Waals surface area contributed by atoms with Crippen molar-refractivity contribution in [2.45, 2.75) is 25.8 Å². The van der Waals surface area contributed by atoms with Gasteiger partial charge in [-0.15, -0.1) is 0 Å². The first kappa shape index (κ1) is 22.3. The second kappa shape index (κ2) is 10.5. The average molecular weight is 410 g/mol. The molecule has 0 amide bonds. The van der Waals surface area contributed by atoms with Gasteiger partial charge in [0.15, 0.2) is 0 Å². The number of benzene rings is 2. The third kappa shape index (κ3) is 7.96. The monoisotopic (exact) mass is 409 g/mol. The van der Waals surface area contributed by atoms with Gasteiger partial charge in [0.25, 0.3) is 0 Å². The Morgan fingerprint density at radius 1 is 1.04 bits per heavy atom. The van der Waals surface area contributed by atoms with Gasteiger partial charge in [0.2, 0.25) is 10.0 Å². The molecule has 2 aromatic carbocycles. The van der Waals surface area contributed by atoms with Gasteiger partial charge in [0, 0.05) is 19.1 Å². The molecular formula is C21H28FNO4S. The van der Waals surface area contributed by atoms with Crippen molar-refractivity contribution < 1.29 is 22.3 Å². The smallest absolute Gasteiger partial charge is 0.209 e. The first-order valence-corrected chi connectivity index (χ1v) is 11.1. The molecule has 7 heteroatoms. The second-order valence-corrected chi connectivity index (χ2v) is 8.76. The second-order valence-electron chi connectivity index (χ2n) is 6.98. The first-order valence-electron chi connectivity index (χ1n) is 9.20. The number of hydrogen-bond donors (Lipinski definition) is 1. The topological polar surface area (TPSA) is 64.6 Å². The van der Waals surface area contributed by atoms with E-state index in [1.165, 1.54) is 12.1 Å². The fourth-order valence-electron chi connectivity index (χ4n) is 2.93. The zero-order valence-electron chi connectivity index (χ0n) is 16.5. The molecule has 0 aliphatic heterocycles. The highest BCUT2D eigenvalue weighted by Crippen LogP contribution is 2.18. The van der Waals surface area contributed by atoms with Crippen molar-refractivity contribution in [3.05, 3.63) is 65.5 Å². The number of sulfonamides is 1. The molecule has 0 saturated heterocycles. The number of rotatable bonds is 11. The summed E-state index contributed by atoms with van der Waals surface area (Å²) in [6.45, 7) is 2.89. The van der Waals surface area contributed by atoms with Gasteiger partial charge in [-0.2, -0.15) is 0 Å². The van der Waals surface area contributed by atoms with Crippen molar-refractivity contribution in [1.29, 1.82) is 0 Å². The lowest BCUT2D eigenvalue weighted by molar-refractivity contribution is 0.113. The lowest BCUT2D eigenvalue weighted by Crippen LogP contribution is -2.25. The van der Waals surface area contributed by atoms with Gasteiger partial charge in [0.05, 0.1) is 19.5 Å². The van der Waals surface area contributed by atoms with Gasteiger partial charge in [-0.3, -0.25) is 0 Å². The number of ether oxygens (including phenoxy) is 2. The SMILES string of the molecule is COCC(CCc1ccc([C@@H](C)NS(C)(=O)=O)cc1)COc1ccc(F)cc1. The van der Waals surface area contributed by atoms with Gasteiger partial charge in [-0.05, 0) is 55.2 Å². The lowest BCUT2D eigenvalue weighted by atomic mass is 9.99. The van der Waals surface area contributed by atoms with Crippen molar-refractivity contribution in [2.75, 3.05) is 26.6 Å². The molecule has 0 fully saturated rings. The molecule has 0 spiro atoms. The molecule has 154 valence electrons. The largest absolute Gasteiger partial charge is 0.493 e. The molecule has 28 heavy (non-hydrogen) atoms. The van der Waals surface area contributed by atoms with E-state index in [2.05, 4.69) is 4.72 Å². The molecule has 2 rings (SSSR count). The van der Waals surface area contributed by atoms with Crippen molar-refractivity contribution in [1.82, 2.24) is 4.72 Å².